The molecule has 2 aromatic heterocycles. The molecule has 0 amide bonds. The van der Waals surface area contributed by atoms with Gasteiger partial charge in [0, 0.05) is 48.2 Å². The van der Waals surface area contributed by atoms with Crippen LogP contribution in [-0.2, 0) is 26.4 Å². The summed E-state index contributed by atoms with van der Waals surface area (Å²) in [5.41, 5.74) is 4.77. The highest BCUT2D eigenvalue weighted by atomic mass is 16.5. The average Bonchev–Trinajstić information content (AvgIpc) is 3.60. The van der Waals surface area contributed by atoms with Crippen LogP contribution in [0, 0.1) is 0 Å². The van der Waals surface area contributed by atoms with E-state index in [0.717, 1.165) is 46.3 Å². The fraction of sp³-hybridized carbons (Fsp3) is 0.375. The van der Waals surface area contributed by atoms with E-state index in [0.29, 0.717) is 17.9 Å². The van der Waals surface area contributed by atoms with E-state index in [4.69, 9.17) is 9.47 Å². The molecule has 0 saturated carbocycles. The Kier molecular flexibility index (Phi) is 7.98. The Hall–Kier alpha value is -4.04. The summed E-state index contributed by atoms with van der Waals surface area (Å²) < 4.78 is 14.8. The summed E-state index contributed by atoms with van der Waals surface area (Å²) in [5.74, 6) is -0.0308. The van der Waals surface area contributed by atoms with Gasteiger partial charge in [-0.3, -0.25) is 4.79 Å². The number of benzene rings is 2. The zero-order valence-electron chi connectivity index (χ0n) is 23.7. The Bertz CT molecular complexity index is 1610. The molecular formula is C32H37N3O5. The normalized spacial score (nSPS) is 13.7. The van der Waals surface area contributed by atoms with Gasteiger partial charge in [0.15, 0.2) is 0 Å². The maximum Gasteiger partial charge on any atom is 0.341 e. The molecule has 1 fully saturated rings. The summed E-state index contributed by atoms with van der Waals surface area (Å²) >= 11 is 0. The van der Waals surface area contributed by atoms with Gasteiger partial charge in [0.2, 0.25) is 0 Å². The van der Waals surface area contributed by atoms with E-state index < -0.39 is 11.5 Å². The smallest absolute Gasteiger partial charge is 0.341 e. The van der Waals surface area contributed by atoms with Crippen LogP contribution in [0.25, 0.3) is 22.2 Å². The van der Waals surface area contributed by atoms with Crippen molar-refractivity contribution in [2.45, 2.75) is 39.2 Å². The van der Waals surface area contributed by atoms with E-state index in [1.807, 2.05) is 25.1 Å². The molecule has 1 aliphatic heterocycles. The van der Waals surface area contributed by atoms with Gasteiger partial charge >= 0.3 is 5.97 Å². The molecule has 1 saturated heterocycles. The van der Waals surface area contributed by atoms with Gasteiger partial charge in [0.05, 0.1) is 26.5 Å². The molecule has 3 heterocycles. The van der Waals surface area contributed by atoms with E-state index in [9.17, 15) is 14.7 Å². The Morgan fingerprint density at radius 1 is 0.975 bits per heavy atom. The SMILES string of the molecule is CCc1cc(C(=O)O)c(=O)n(Cc2ccc(OC)cc2OC)c1-c1ccc2c(c1)cc(CCN1CCCC1)n2C. The predicted octanol–water partition coefficient (Wildman–Crippen LogP) is 4.97. The van der Waals surface area contributed by atoms with Gasteiger partial charge in [0.25, 0.3) is 5.56 Å². The summed E-state index contributed by atoms with van der Waals surface area (Å²) in [6.45, 7) is 5.54. The molecule has 0 unspecified atom stereocenters. The van der Waals surface area contributed by atoms with Crippen LogP contribution < -0.4 is 15.0 Å². The molecule has 40 heavy (non-hydrogen) atoms. The Morgan fingerprint density at radius 2 is 1.75 bits per heavy atom. The maximum atomic E-state index is 13.6. The van der Waals surface area contributed by atoms with Crippen molar-refractivity contribution in [1.82, 2.24) is 14.0 Å². The van der Waals surface area contributed by atoms with Gasteiger partial charge in [-0.05, 0) is 79.9 Å². The highest BCUT2D eigenvalue weighted by Crippen LogP contribution is 2.32. The lowest BCUT2D eigenvalue weighted by atomic mass is 9.99. The largest absolute Gasteiger partial charge is 0.497 e. The van der Waals surface area contributed by atoms with Gasteiger partial charge in [-0.2, -0.15) is 0 Å². The molecule has 8 heteroatoms. The Balaban J connectivity index is 1.62. The molecule has 0 aliphatic carbocycles. The molecule has 0 spiro atoms. The minimum atomic E-state index is -1.23. The van der Waals surface area contributed by atoms with Crippen molar-refractivity contribution in [3.63, 3.8) is 0 Å². The summed E-state index contributed by atoms with van der Waals surface area (Å²) in [6.07, 6.45) is 4.12. The minimum absolute atomic E-state index is 0.156. The number of rotatable bonds is 10. The first-order valence-corrected chi connectivity index (χ1v) is 13.9. The van der Waals surface area contributed by atoms with Crippen molar-refractivity contribution in [2.24, 2.45) is 7.05 Å². The number of aromatic carboxylic acids is 1. The second-order valence-corrected chi connectivity index (χ2v) is 10.4. The van der Waals surface area contributed by atoms with E-state index in [2.05, 4.69) is 34.7 Å². The van der Waals surface area contributed by atoms with Crippen molar-refractivity contribution in [3.05, 3.63) is 81.3 Å². The Labute approximate surface area is 234 Å². The van der Waals surface area contributed by atoms with Crippen LogP contribution in [0.1, 0.15) is 46.9 Å². The third-order valence-corrected chi connectivity index (χ3v) is 8.10. The molecule has 8 nitrogen and oxygen atoms in total. The zero-order valence-corrected chi connectivity index (χ0v) is 23.7. The fourth-order valence-corrected chi connectivity index (χ4v) is 5.86. The highest BCUT2D eigenvalue weighted by molar-refractivity contribution is 5.90. The molecule has 0 bridgehead atoms. The van der Waals surface area contributed by atoms with Crippen molar-refractivity contribution in [3.8, 4) is 22.8 Å². The van der Waals surface area contributed by atoms with Crippen molar-refractivity contribution < 1.29 is 19.4 Å². The highest BCUT2D eigenvalue weighted by Gasteiger charge is 2.22. The lowest BCUT2D eigenvalue weighted by molar-refractivity contribution is 0.0694. The molecule has 5 rings (SSSR count). The van der Waals surface area contributed by atoms with Gasteiger partial charge in [-0.25, -0.2) is 4.79 Å². The van der Waals surface area contributed by atoms with Gasteiger partial charge in [0.1, 0.15) is 17.1 Å². The van der Waals surface area contributed by atoms with Crippen LogP contribution in [0.3, 0.4) is 0 Å². The monoisotopic (exact) mass is 543 g/mol. The fourth-order valence-electron chi connectivity index (χ4n) is 5.86. The van der Waals surface area contributed by atoms with Crippen LogP contribution in [0.4, 0.5) is 0 Å². The first-order valence-electron chi connectivity index (χ1n) is 13.9. The summed E-state index contributed by atoms with van der Waals surface area (Å²) in [5, 5.41) is 10.9. The topological polar surface area (TPSA) is 85.9 Å². The first kappa shape index (κ1) is 27.5. The maximum absolute atomic E-state index is 13.6. The quantitative estimate of drug-likeness (QED) is 0.304. The number of aromatic nitrogens is 2. The number of methoxy groups -OCH3 is 2. The molecule has 210 valence electrons. The molecule has 0 radical (unpaired) electrons. The van der Waals surface area contributed by atoms with E-state index in [1.54, 1.807) is 24.9 Å². The first-order chi connectivity index (χ1) is 19.3. The van der Waals surface area contributed by atoms with Crippen molar-refractivity contribution in [2.75, 3.05) is 33.9 Å². The number of hydrogen-bond acceptors (Lipinski definition) is 5. The number of fused-ring (bicyclic) bond motifs is 1. The van der Waals surface area contributed by atoms with Crippen LogP contribution in [-0.4, -0.2) is 59.0 Å². The van der Waals surface area contributed by atoms with E-state index >= 15 is 0 Å². The van der Waals surface area contributed by atoms with Crippen molar-refractivity contribution in [1.29, 1.82) is 0 Å². The molecule has 0 atom stereocenters. The zero-order chi connectivity index (χ0) is 28.4. The molecule has 2 aromatic carbocycles. The number of hydrogen-bond donors (Lipinski definition) is 1. The standard InChI is InChI=1S/C32H37N3O5/c1-5-21-18-27(32(37)38)31(36)35(20-23-8-10-26(39-3)19-29(23)40-4)30(21)22-9-11-28-24(16-22)17-25(33(28)2)12-15-34-13-6-7-14-34/h8-11,16-19H,5-7,12-15,20H2,1-4H3,(H,37,38). The van der Waals surface area contributed by atoms with E-state index in [-0.39, 0.29) is 12.1 Å². The van der Waals surface area contributed by atoms with Crippen LogP contribution in [0.15, 0.2) is 53.3 Å². The van der Waals surface area contributed by atoms with Crippen LogP contribution >= 0.6 is 0 Å². The molecular weight excluding hydrogens is 506 g/mol. The number of likely N-dealkylation sites (tertiary alicyclic amines) is 1. The summed E-state index contributed by atoms with van der Waals surface area (Å²) in [7, 11) is 5.25. The lowest BCUT2D eigenvalue weighted by Gasteiger charge is -2.20. The molecule has 4 aromatic rings. The van der Waals surface area contributed by atoms with Gasteiger partial charge in [-0.15, -0.1) is 0 Å². The number of aryl methyl sites for hydroxylation is 2. The number of ether oxygens (including phenoxy) is 2. The number of carboxylic acid groups (broad SMARTS) is 1. The third kappa shape index (κ3) is 5.23. The van der Waals surface area contributed by atoms with Crippen LogP contribution in [0.5, 0.6) is 11.5 Å². The van der Waals surface area contributed by atoms with Crippen LogP contribution in [0.2, 0.25) is 0 Å². The minimum Gasteiger partial charge on any atom is -0.497 e. The summed E-state index contributed by atoms with van der Waals surface area (Å²) in [4.78, 5) is 28.2. The number of nitrogens with zero attached hydrogens (tertiary/aromatic N) is 3. The Morgan fingerprint density at radius 3 is 2.42 bits per heavy atom. The second kappa shape index (κ2) is 11.6. The third-order valence-electron chi connectivity index (χ3n) is 8.10. The lowest BCUT2D eigenvalue weighted by Crippen LogP contribution is -2.29. The van der Waals surface area contributed by atoms with Gasteiger partial charge < -0.3 is 28.6 Å². The summed E-state index contributed by atoms with van der Waals surface area (Å²) in [6, 6.07) is 15.4. The number of pyridine rings is 1. The predicted molar refractivity (Wildman–Crippen MR) is 157 cm³/mol. The molecule has 1 N–H and O–H groups in total. The molecule has 1 aliphatic rings. The van der Waals surface area contributed by atoms with E-state index in [1.165, 1.54) is 37.7 Å². The number of carbonyl (C=O) groups is 1. The second-order valence-electron chi connectivity index (χ2n) is 10.4. The van der Waals surface area contributed by atoms with Gasteiger partial charge in [-0.1, -0.05) is 13.0 Å². The van der Waals surface area contributed by atoms with Crippen molar-refractivity contribution >= 4 is 16.9 Å². The average molecular weight is 544 g/mol. The number of carboxylic acids is 1.